The van der Waals surface area contributed by atoms with Gasteiger partial charge in [0.2, 0.25) is 0 Å². The molecule has 0 amide bonds. The van der Waals surface area contributed by atoms with E-state index in [0.717, 1.165) is 43.4 Å². The lowest BCUT2D eigenvalue weighted by Gasteiger charge is -2.24. The molecular formula is C14H25N3O2. The van der Waals surface area contributed by atoms with E-state index in [0.29, 0.717) is 13.2 Å². The van der Waals surface area contributed by atoms with Crippen molar-refractivity contribution >= 4 is 11.5 Å². The van der Waals surface area contributed by atoms with Crippen LogP contribution in [0.5, 0.6) is 0 Å². The van der Waals surface area contributed by atoms with Crippen LogP contribution in [0.3, 0.4) is 0 Å². The molecule has 2 N–H and O–H groups in total. The van der Waals surface area contributed by atoms with Crippen molar-refractivity contribution in [1.29, 1.82) is 0 Å². The molecule has 1 aromatic rings. The number of aromatic nitrogens is 1. The fraction of sp³-hybridized carbons (Fsp3) is 0.643. The smallest absolute Gasteiger partial charge is 0.129 e. The Hall–Kier alpha value is -1.33. The molecule has 5 nitrogen and oxygen atoms in total. The molecule has 19 heavy (non-hydrogen) atoms. The second-order valence-corrected chi connectivity index (χ2v) is 4.28. The van der Waals surface area contributed by atoms with E-state index in [1.54, 1.807) is 6.20 Å². The lowest BCUT2D eigenvalue weighted by Crippen LogP contribution is -2.32. The minimum Gasteiger partial charge on any atom is -0.397 e. The predicted octanol–water partition coefficient (Wildman–Crippen LogP) is 1.85. The van der Waals surface area contributed by atoms with Gasteiger partial charge in [0.15, 0.2) is 0 Å². The van der Waals surface area contributed by atoms with Gasteiger partial charge in [-0.15, -0.1) is 0 Å². The zero-order valence-corrected chi connectivity index (χ0v) is 12.2. The van der Waals surface area contributed by atoms with Crippen LogP contribution < -0.4 is 10.6 Å². The van der Waals surface area contributed by atoms with Gasteiger partial charge < -0.3 is 20.1 Å². The molecule has 0 aromatic carbocycles. The summed E-state index contributed by atoms with van der Waals surface area (Å²) in [7, 11) is 0. The summed E-state index contributed by atoms with van der Waals surface area (Å²) >= 11 is 0. The van der Waals surface area contributed by atoms with Gasteiger partial charge in [0.25, 0.3) is 0 Å². The number of aryl methyl sites for hydroxylation is 1. The van der Waals surface area contributed by atoms with Crippen molar-refractivity contribution in [2.75, 3.05) is 50.2 Å². The number of pyridine rings is 1. The zero-order valence-electron chi connectivity index (χ0n) is 12.2. The molecule has 0 fully saturated rings. The molecule has 0 saturated heterocycles. The number of hydrogen-bond acceptors (Lipinski definition) is 5. The van der Waals surface area contributed by atoms with Crippen LogP contribution in [-0.2, 0) is 9.47 Å². The fourth-order valence-corrected chi connectivity index (χ4v) is 1.70. The molecule has 0 aliphatic heterocycles. The summed E-state index contributed by atoms with van der Waals surface area (Å²) in [5.74, 6) is 0.922. The maximum absolute atomic E-state index is 5.80. The fourth-order valence-electron chi connectivity index (χ4n) is 1.70. The highest BCUT2D eigenvalue weighted by atomic mass is 16.5. The number of nitrogens with zero attached hydrogens (tertiary/aromatic N) is 2. The minimum absolute atomic E-state index is 0.688. The average molecular weight is 267 g/mol. The molecule has 0 aliphatic carbocycles. The normalized spacial score (nSPS) is 10.7. The maximum atomic E-state index is 5.80. The molecule has 0 spiro atoms. The summed E-state index contributed by atoms with van der Waals surface area (Å²) in [5, 5.41) is 0. The van der Waals surface area contributed by atoms with Crippen LogP contribution in [0.15, 0.2) is 12.3 Å². The summed E-state index contributed by atoms with van der Waals surface area (Å²) < 4.78 is 10.8. The summed E-state index contributed by atoms with van der Waals surface area (Å²) in [6.07, 6.45) is 1.71. The molecule has 0 radical (unpaired) electrons. The van der Waals surface area contributed by atoms with Gasteiger partial charge in [-0.05, 0) is 32.4 Å². The summed E-state index contributed by atoms with van der Waals surface area (Å²) in [6, 6.07) is 2.01. The Balaban J connectivity index is 2.66. The van der Waals surface area contributed by atoms with Crippen molar-refractivity contribution in [3.63, 3.8) is 0 Å². The number of nitrogen functional groups attached to an aromatic ring is 1. The first kappa shape index (κ1) is 15.7. The monoisotopic (exact) mass is 267 g/mol. The van der Waals surface area contributed by atoms with Gasteiger partial charge in [-0.1, -0.05) is 0 Å². The molecule has 0 saturated carbocycles. The zero-order chi connectivity index (χ0) is 14.1. The van der Waals surface area contributed by atoms with Gasteiger partial charge in [-0.25, -0.2) is 4.98 Å². The van der Waals surface area contributed by atoms with Crippen LogP contribution in [0.1, 0.15) is 19.4 Å². The molecular weight excluding hydrogens is 242 g/mol. The first-order valence-corrected chi connectivity index (χ1v) is 6.81. The van der Waals surface area contributed by atoms with Crippen molar-refractivity contribution < 1.29 is 9.47 Å². The van der Waals surface area contributed by atoms with Crippen LogP contribution in [0.25, 0.3) is 0 Å². The van der Waals surface area contributed by atoms with E-state index < -0.39 is 0 Å². The first-order chi connectivity index (χ1) is 9.19. The third-order valence-corrected chi connectivity index (χ3v) is 2.88. The summed E-state index contributed by atoms with van der Waals surface area (Å²) in [4.78, 5) is 6.55. The van der Waals surface area contributed by atoms with Crippen molar-refractivity contribution in [1.82, 2.24) is 4.98 Å². The van der Waals surface area contributed by atoms with Crippen molar-refractivity contribution in [3.05, 3.63) is 17.8 Å². The van der Waals surface area contributed by atoms with E-state index >= 15 is 0 Å². The van der Waals surface area contributed by atoms with Crippen LogP contribution in [-0.4, -0.2) is 44.5 Å². The highest BCUT2D eigenvalue weighted by Gasteiger charge is 2.09. The number of anilines is 2. The molecule has 5 heteroatoms. The predicted molar refractivity (Wildman–Crippen MR) is 78.6 cm³/mol. The Labute approximate surface area is 115 Å². The number of ether oxygens (including phenoxy) is 2. The SMILES string of the molecule is CCOCCN(CCOCC)c1cc(C)c(N)cn1. The Morgan fingerprint density at radius 1 is 1.16 bits per heavy atom. The van der Waals surface area contributed by atoms with Crippen molar-refractivity contribution in [2.24, 2.45) is 0 Å². The Bertz CT molecular complexity index is 362. The molecule has 108 valence electrons. The number of nitrogens with two attached hydrogens (primary N) is 1. The standard InChI is InChI=1S/C14H25N3O2/c1-4-18-8-6-17(7-9-19-5-2)14-10-12(3)13(15)11-16-14/h10-11H,4-9,15H2,1-3H3. The largest absolute Gasteiger partial charge is 0.397 e. The third kappa shape index (κ3) is 5.44. The van der Waals surface area contributed by atoms with E-state index in [-0.39, 0.29) is 0 Å². The highest BCUT2D eigenvalue weighted by molar-refractivity contribution is 5.52. The molecule has 1 aromatic heterocycles. The maximum Gasteiger partial charge on any atom is 0.129 e. The first-order valence-electron chi connectivity index (χ1n) is 6.81. The van der Waals surface area contributed by atoms with Crippen LogP contribution in [0.4, 0.5) is 11.5 Å². The third-order valence-electron chi connectivity index (χ3n) is 2.88. The Morgan fingerprint density at radius 3 is 2.21 bits per heavy atom. The molecule has 0 atom stereocenters. The Kier molecular flexibility index (Phi) is 7.22. The highest BCUT2D eigenvalue weighted by Crippen LogP contribution is 2.16. The molecule has 0 aliphatic rings. The summed E-state index contributed by atoms with van der Waals surface area (Å²) in [6.45, 7) is 10.4. The lowest BCUT2D eigenvalue weighted by molar-refractivity contribution is 0.141. The average Bonchev–Trinajstić information content (AvgIpc) is 2.41. The van der Waals surface area contributed by atoms with E-state index in [4.69, 9.17) is 15.2 Å². The van der Waals surface area contributed by atoms with Gasteiger partial charge in [0.05, 0.1) is 25.1 Å². The minimum atomic E-state index is 0.688. The lowest BCUT2D eigenvalue weighted by atomic mass is 10.2. The van der Waals surface area contributed by atoms with Gasteiger partial charge in [0.1, 0.15) is 5.82 Å². The van der Waals surface area contributed by atoms with Crippen LogP contribution in [0.2, 0.25) is 0 Å². The van der Waals surface area contributed by atoms with Gasteiger partial charge in [0, 0.05) is 26.3 Å². The molecule has 0 unspecified atom stereocenters. The van der Waals surface area contributed by atoms with E-state index in [1.165, 1.54) is 0 Å². The van der Waals surface area contributed by atoms with Crippen molar-refractivity contribution in [3.8, 4) is 0 Å². The number of rotatable bonds is 9. The molecule has 1 rings (SSSR count). The summed E-state index contributed by atoms with van der Waals surface area (Å²) in [5.41, 5.74) is 7.57. The molecule has 1 heterocycles. The topological polar surface area (TPSA) is 60.6 Å². The van der Waals surface area contributed by atoms with E-state index in [9.17, 15) is 0 Å². The van der Waals surface area contributed by atoms with Gasteiger partial charge in [-0.2, -0.15) is 0 Å². The Morgan fingerprint density at radius 2 is 1.74 bits per heavy atom. The molecule has 0 bridgehead atoms. The van der Waals surface area contributed by atoms with Crippen LogP contribution in [0, 0.1) is 6.92 Å². The van der Waals surface area contributed by atoms with Crippen molar-refractivity contribution in [2.45, 2.75) is 20.8 Å². The quantitative estimate of drug-likeness (QED) is 0.692. The van der Waals surface area contributed by atoms with E-state index in [2.05, 4.69) is 9.88 Å². The van der Waals surface area contributed by atoms with Crippen LogP contribution >= 0.6 is 0 Å². The second kappa shape index (κ2) is 8.72. The van der Waals surface area contributed by atoms with E-state index in [1.807, 2.05) is 26.8 Å². The van der Waals surface area contributed by atoms with Gasteiger partial charge >= 0.3 is 0 Å². The van der Waals surface area contributed by atoms with Gasteiger partial charge in [-0.3, -0.25) is 0 Å². The number of hydrogen-bond donors (Lipinski definition) is 1. The second-order valence-electron chi connectivity index (χ2n) is 4.28.